The molecule has 1 N–H and O–H groups in total. The van der Waals surface area contributed by atoms with Crippen LogP contribution in [0.2, 0.25) is 0 Å². The summed E-state index contributed by atoms with van der Waals surface area (Å²) in [6.45, 7) is 0. The summed E-state index contributed by atoms with van der Waals surface area (Å²) < 4.78 is 1.36. The van der Waals surface area contributed by atoms with E-state index in [1.807, 2.05) is 12.1 Å². The van der Waals surface area contributed by atoms with Crippen LogP contribution in [-0.4, -0.2) is 11.1 Å². The van der Waals surface area contributed by atoms with Crippen molar-refractivity contribution >= 4 is 19.7 Å². The molecule has 0 aromatic carbocycles. The van der Waals surface area contributed by atoms with E-state index in [-0.39, 0.29) is 6.42 Å². The number of carboxylic acid groups (broad SMARTS) is 1. The third kappa shape index (κ3) is 2.38. The molecule has 0 fully saturated rings. The van der Waals surface area contributed by atoms with Gasteiger partial charge >= 0.3 is 79.1 Å². The van der Waals surface area contributed by atoms with E-state index in [4.69, 9.17) is 5.11 Å². The van der Waals surface area contributed by atoms with Crippen LogP contribution in [0.5, 0.6) is 0 Å². The van der Waals surface area contributed by atoms with Crippen LogP contribution in [0.25, 0.3) is 0 Å². The van der Waals surface area contributed by atoms with Crippen LogP contribution in [0.1, 0.15) is 4.88 Å². The van der Waals surface area contributed by atoms with E-state index in [2.05, 4.69) is 0 Å². The van der Waals surface area contributed by atoms with Crippen LogP contribution in [0.3, 0.4) is 0 Å². The fourth-order valence-electron chi connectivity index (χ4n) is 0.666. The van der Waals surface area contributed by atoms with E-state index in [9.17, 15) is 4.79 Å². The molecule has 10 heavy (non-hydrogen) atoms. The molecule has 0 saturated heterocycles. The van der Waals surface area contributed by atoms with Gasteiger partial charge in [0.05, 0.1) is 0 Å². The number of hydrogen-bond donors (Lipinski definition) is 1. The van der Waals surface area contributed by atoms with Gasteiger partial charge in [-0.3, -0.25) is 0 Å². The first-order valence-electron chi connectivity index (χ1n) is 2.81. The monoisotopic (exact) mass is 343 g/mol. The van der Waals surface area contributed by atoms with Crippen LogP contribution in [0.15, 0.2) is 12.1 Å². The van der Waals surface area contributed by atoms with Gasteiger partial charge in [0.15, 0.2) is 0 Å². The predicted octanol–water partition coefficient (Wildman–Crippen LogP) is 0.547. The molecule has 0 radical (unpaired) electrons. The van der Waals surface area contributed by atoms with Crippen LogP contribution in [0, 0.1) is 0 Å². The zero-order valence-electron chi connectivity index (χ0n) is 5.33. The van der Waals surface area contributed by atoms with Gasteiger partial charge in [-0.05, 0) is 0 Å². The van der Waals surface area contributed by atoms with Crippen LogP contribution in [-0.2, 0) is 37.3 Å². The molecule has 0 spiro atoms. The van der Waals surface area contributed by atoms with Crippen LogP contribution < -0.4 is 2.39 Å². The van der Waals surface area contributed by atoms with Crippen molar-refractivity contribution < 1.29 is 36.0 Å². The number of thiophene rings is 1. The number of hydrogen-bond acceptors (Lipinski definition) is 2. The average Bonchev–Trinajstić information content (AvgIpc) is 2.13. The summed E-state index contributed by atoms with van der Waals surface area (Å²) in [6.07, 6.45) is 0.182. The van der Waals surface area contributed by atoms with Crippen molar-refractivity contribution in [2.45, 2.75) is 6.42 Å². The first kappa shape index (κ1) is 8.20. The van der Waals surface area contributed by atoms with Gasteiger partial charge in [-0.1, -0.05) is 0 Å². The molecule has 1 rings (SSSR count). The Labute approximate surface area is 78.8 Å². The summed E-state index contributed by atoms with van der Waals surface area (Å²) in [5, 5.41) is 8.40. The molecule has 0 unspecified atom stereocenters. The van der Waals surface area contributed by atoms with Gasteiger partial charge in [0.25, 0.3) is 0 Å². The first-order chi connectivity index (χ1) is 4.68. The maximum atomic E-state index is 10.2. The van der Waals surface area contributed by atoms with Gasteiger partial charge < -0.3 is 0 Å². The molecule has 4 heteroatoms. The Bertz CT molecular complexity index is 244. The molecular weight excluding hydrogens is 337 g/mol. The minimum atomic E-state index is -0.741. The Balaban J connectivity index is 2.67. The van der Waals surface area contributed by atoms with Crippen LogP contribution >= 0.6 is 11.3 Å². The second kappa shape index (κ2) is 3.48. The van der Waals surface area contributed by atoms with Gasteiger partial charge in [0.2, 0.25) is 0 Å². The molecule has 0 aliphatic rings. The minimum absolute atomic E-state index is 0.182. The van der Waals surface area contributed by atoms with Gasteiger partial charge in [0.1, 0.15) is 0 Å². The molecule has 49 valence electrons. The van der Waals surface area contributed by atoms with Gasteiger partial charge in [-0.15, -0.1) is 0 Å². The molecule has 0 saturated carbocycles. The third-order valence-electron chi connectivity index (χ3n) is 1.04. The topological polar surface area (TPSA) is 37.3 Å². The van der Waals surface area contributed by atoms with E-state index in [0.29, 0.717) is 26.1 Å². The Morgan fingerprint density at radius 3 is 2.80 bits per heavy atom. The fraction of sp³-hybridized carbons (Fsp3) is 0.167. The molecule has 1 heterocycles. The standard InChI is InChI=1S/C6H5O2S.Hg/c7-6(8)4-5-2-1-3-9-5;/h1-2H,4H2,(H,7,8);. The summed E-state index contributed by atoms with van der Waals surface area (Å²) in [5.41, 5.74) is 0. The van der Waals surface area contributed by atoms with E-state index < -0.39 is 5.97 Å². The fourth-order valence-corrected chi connectivity index (χ4v) is 4.09. The van der Waals surface area contributed by atoms with E-state index in [0.717, 1.165) is 4.88 Å². The number of rotatable bonds is 2. The number of carboxylic acids is 1. The zero-order valence-corrected chi connectivity index (χ0v) is 11.6. The van der Waals surface area contributed by atoms with Gasteiger partial charge in [0, 0.05) is 0 Å². The van der Waals surface area contributed by atoms with Crippen LogP contribution in [0.4, 0.5) is 0 Å². The zero-order chi connectivity index (χ0) is 7.56. The summed E-state index contributed by atoms with van der Waals surface area (Å²) in [6, 6.07) is 3.92. The predicted molar refractivity (Wildman–Crippen MR) is 35.3 cm³/mol. The van der Waals surface area contributed by atoms with Crippen molar-refractivity contribution in [3.63, 3.8) is 0 Å². The van der Waals surface area contributed by atoms with Crippen molar-refractivity contribution in [1.82, 2.24) is 0 Å². The molecule has 1 aromatic heterocycles. The summed E-state index contributed by atoms with van der Waals surface area (Å²) >= 11 is 2.26. The van der Waals surface area contributed by atoms with E-state index in [1.54, 1.807) is 11.3 Å². The van der Waals surface area contributed by atoms with Crippen molar-refractivity contribution in [3.8, 4) is 0 Å². The maximum absolute atomic E-state index is 10.2. The molecule has 0 aliphatic carbocycles. The molecular formula is C6H5HgO2S. The van der Waals surface area contributed by atoms with Crippen molar-refractivity contribution in [2.24, 2.45) is 0 Å². The molecule has 0 aliphatic heterocycles. The van der Waals surface area contributed by atoms with Crippen molar-refractivity contribution in [3.05, 3.63) is 17.0 Å². The molecule has 0 atom stereocenters. The van der Waals surface area contributed by atoms with Crippen molar-refractivity contribution in [2.75, 3.05) is 0 Å². The summed E-state index contributed by atoms with van der Waals surface area (Å²) in [7, 11) is 0. The Kier molecular flexibility index (Phi) is 2.86. The Morgan fingerprint density at radius 1 is 1.70 bits per heavy atom. The first-order valence-corrected chi connectivity index (χ1v) is 6.37. The second-order valence-electron chi connectivity index (χ2n) is 1.94. The Hall–Kier alpha value is 0.105. The number of carbonyl (C=O) groups is 1. The van der Waals surface area contributed by atoms with Gasteiger partial charge in [-0.25, -0.2) is 0 Å². The van der Waals surface area contributed by atoms with E-state index >= 15 is 0 Å². The average molecular weight is 342 g/mol. The summed E-state index contributed by atoms with van der Waals surface area (Å²) in [4.78, 5) is 11.2. The number of aliphatic carboxylic acids is 1. The summed E-state index contributed by atoms with van der Waals surface area (Å²) in [5.74, 6) is -0.741. The Morgan fingerprint density at radius 2 is 2.40 bits per heavy atom. The third-order valence-corrected chi connectivity index (χ3v) is 4.58. The molecule has 2 nitrogen and oxygen atoms in total. The SMILES string of the molecule is O=C(O)Cc1cc[c]([Hg])s1. The molecule has 1 aromatic rings. The molecule has 0 bridgehead atoms. The van der Waals surface area contributed by atoms with Crippen molar-refractivity contribution in [1.29, 1.82) is 0 Å². The van der Waals surface area contributed by atoms with Gasteiger partial charge in [-0.2, -0.15) is 0 Å². The van der Waals surface area contributed by atoms with E-state index in [1.165, 1.54) is 2.39 Å². The normalized spacial score (nSPS) is 9.80. The quantitative estimate of drug-likeness (QED) is 0.798. The molecule has 0 amide bonds. The second-order valence-corrected chi connectivity index (χ2v) is 8.15.